The standard InChI is InChI=1S/C20H18N6S2/c1-12-3-6-16(11-13(12)2)26-18(15-7-9-21-10-8-15)23-24-19(26)27-20-22-17(25-28-20)14-4-5-14/h3,6-11,14H,4-5H2,1-2H3. The number of hydrogen-bond donors (Lipinski definition) is 0. The number of aromatic nitrogens is 6. The zero-order valence-corrected chi connectivity index (χ0v) is 17.2. The van der Waals surface area contributed by atoms with Crippen LogP contribution < -0.4 is 0 Å². The molecule has 3 aromatic heterocycles. The Kier molecular flexibility index (Phi) is 4.44. The summed E-state index contributed by atoms with van der Waals surface area (Å²) in [6.07, 6.45) is 5.94. The summed E-state index contributed by atoms with van der Waals surface area (Å²) >= 11 is 2.96. The molecule has 0 atom stereocenters. The third-order valence-electron chi connectivity index (χ3n) is 4.86. The van der Waals surface area contributed by atoms with Gasteiger partial charge < -0.3 is 0 Å². The summed E-state index contributed by atoms with van der Waals surface area (Å²) in [5.41, 5.74) is 4.50. The van der Waals surface area contributed by atoms with Crippen LogP contribution in [0.25, 0.3) is 17.1 Å². The Labute approximate surface area is 171 Å². The zero-order valence-electron chi connectivity index (χ0n) is 15.5. The highest BCUT2D eigenvalue weighted by atomic mass is 32.2. The molecule has 6 nitrogen and oxygen atoms in total. The van der Waals surface area contributed by atoms with Gasteiger partial charge in [-0.1, -0.05) is 6.07 Å². The van der Waals surface area contributed by atoms with Crippen LogP contribution in [0.5, 0.6) is 0 Å². The van der Waals surface area contributed by atoms with E-state index in [0.29, 0.717) is 5.92 Å². The molecule has 0 radical (unpaired) electrons. The number of nitrogens with zero attached hydrogens (tertiary/aromatic N) is 6. The fourth-order valence-electron chi connectivity index (χ4n) is 2.97. The van der Waals surface area contributed by atoms with Gasteiger partial charge in [-0.25, -0.2) is 4.98 Å². The molecule has 0 aliphatic heterocycles. The second-order valence-electron chi connectivity index (χ2n) is 6.94. The van der Waals surface area contributed by atoms with E-state index >= 15 is 0 Å². The number of aryl methyl sites for hydroxylation is 2. The van der Waals surface area contributed by atoms with Crippen LogP contribution in [0, 0.1) is 13.8 Å². The Balaban J connectivity index is 1.59. The molecule has 28 heavy (non-hydrogen) atoms. The van der Waals surface area contributed by atoms with Crippen LogP contribution in [0.2, 0.25) is 0 Å². The first-order valence-electron chi connectivity index (χ1n) is 9.14. The number of rotatable bonds is 5. The summed E-state index contributed by atoms with van der Waals surface area (Å²) in [7, 11) is 0. The topological polar surface area (TPSA) is 69.4 Å². The third-order valence-corrected chi connectivity index (χ3v) is 6.58. The Bertz CT molecular complexity index is 1130. The monoisotopic (exact) mass is 406 g/mol. The van der Waals surface area contributed by atoms with Crippen LogP contribution in [-0.2, 0) is 0 Å². The van der Waals surface area contributed by atoms with Crippen molar-refractivity contribution in [3.63, 3.8) is 0 Å². The van der Waals surface area contributed by atoms with Crippen LogP contribution in [0.3, 0.4) is 0 Å². The molecule has 0 bridgehead atoms. The average molecular weight is 407 g/mol. The van der Waals surface area contributed by atoms with E-state index < -0.39 is 0 Å². The fourth-order valence-corrected chi connectivity index (χ4v) is 4.61. The largest absolute Gasteiger partial charge is 0.270 e. The summed E-state index contributed by atoms with van der Waals surface area (Å²) in [5.74, 6) is 2.31. The molecule has 0 unspecified atom stereocenters. The minimum absolute atomic E-state index is 0.551. The quantitative estimate of drug-likeness (QED) is 0.473. The summed E-state index contributed by atoms with van der Waals surface area (Å²) in [6.45, 7) is 4.24. The molecule has 1 aliphatic rings. The predicted octanol–water partition coefficient (Wildman–Crippen LogP) is 4.83. The fraction of sp³-hybridized carbons (Fsp3) is 0.250. The maximum absolute atomic E-state index is 4.70. The van der Waals surface area contributed by atoms with E-state index in [9.17, 15) is 0 Å². The number of benzene rings is 1. The predicted molar refractivity (Wildman–Crippen MR) is 110 cm³/mol. The molecule has 0 saturated heterocycles. The smallest absolute Gasteiger partial charge is 0.203 e. The minimum atomic E-state index is 0.551. The van der Waals surface area contributed by atoms with Crippen LogP contribution >= 0.6 is 23.3 Å². The van der Waals surface area contributed by atoms with Crippen molar-refractivity contribution in [3.8, 4) is 17.1 Å². The first-order chi connectivity index (χ1) is 13.7. The van der Waals surface area contributed by atoms with Crippen molar-refractivity contribution < 1.29 is 0 Å². The SMILES string of the molecule is Cc1ccc(-n2c(Sc3nc(C4CC4)ns3)nnc2-c2ccncc2)cc1C. The van der Waals surface area contributed by atoms with Crippen molar-refractivity contribution in [2.24, 2.45) is 0 Å². The molecule has 1 aliphatic carbocycles. The lowest BCUT2D eigenvalue weighted by Gasteiger charge is -2.11. The summed E-state index contributed by atoms with van der Waals surface area (Å²) in [5, 5.41) is 9.75. The van der Waals surface area contributed by atoms with Crippen LogP contribution in [-0.4, -0.2) is 29.1 Å². The molecule has 0 spiro atoms. The van der Waals surface area contributed by atoms with Gasteiger partial charge in [0.05, 0.1) is 5.69 Å². The van der Waals surface area contributed by atoms with E-state index in [0.717, 1.165) is 32.4 Å². The maximum Gasteiger partial charge on any atom is 0.203 e. The van der Waals surface area contributed by atoms with E-state index in [4.69, 9.17) is 4.98 Å². The first-order valence-corrected chi connectivity index (χ1v) is 10.7. The van der Waals surface area contributed by atoms with Crippen molar-refractivity contribution in [1.29, 1.82) is 0 Å². The molecule has 1 fully saturated rings. The molecule has 8 heteroatoms. The van der Waals surface area contributed by atoms with Crippen molar-refractivity contribution in [2.45, 2.75) is 42.1 Å². The highest BCUT2D eigenvalue weighted by Crippen LogP contribution is 2.41. The molecular weight excluding hydrogens is 388 g/mol. The van der Waals surface area contributed by atoms with E-state index in [1.54, 1.807) is 12.4 Å². The van der Waals surface area contributed by atoms with Crippen molar-refractivity contribution in [2.75, 3.05) is 0 Å². The third kappa shape index (κ3) is 3.33. The number of hydrogen-bond acceptors (Lipinski definition) is 7. The van der Waals surface area contributed by atoms with Gasteiger partial charge in [-0.05, 0) is 85.4 Å². The maximum atomic E-state index is 4.70. The van der Waals surface area contributed by atoms with Gasteiger partial charge in [-0.3, -0.25) is 9.55 Å². The zero-order chi connectivity index (χ0) is 19.1. The van der Waals surface area contributed by atoms with Crippen LogP contribution in [0.1, 0.15) is 35.7 Å². The second-order valence-corrected chi connectivity index (χ2v) is 8.91. The van der Waals surface area contributed by atoms with E-state index in [2.05, 4.69) is 56.2 Å². The van der Waals surface area contributed by atoms with Gasteiger partial charge in [-0.15, -0.1) is 10.2 Å². The van der Waals surface area contributed by atoms with Gasteiger partial charge in [0.1, 0.15) is 5.82 Å². The Morgan fingerprint density at radius 3 is 2.61 bits per heavy atom. The molecule has 140 valence electrons. The Morgan fingerprint density at radius 1 is 1.04 bits per heavy atom. The van der Waals surface area contributed by atoms with Crippen molar-refractivity contribution >= 4 is 23.3 Å². The normalized spacial score (nSPS) is 13.8. The van der Waals surface area contributed by atoms with E-state index in [-0.39, 0.29) is 0 Å². The highest BCUT2D eigenvalue weighted by molar-refractivity contribution is 8.00. The second kappa shape index (κ2) is 7.10. The minimum Gasteiger partial charge on any atom is -0.270 e. The molecule has 5 rings (SSSR count). The molecule has 0 amide bonds. The lowest BCUT2D eigenvalue weighted by molar-refractivity contribution is 0.881. The molecule has 0 N–H and O–H groups in total. The number of pyridine rings is 1. The first kappa shape index (κ1) is 17.5. The lowest BCUT2D eigenvalue weighted by atomic mass is 10.1. The van der Waals surface area contributed by atoms with E-state index in [1.165, 1.54) is 47.3 Å². The average Bonchev–Trinajstić information content (AvgIpc) is 3.32. The molecule has 4 aromatic rings. The Morgan fingerprint density at radius 2 is 1.86 bits per heavy atom. The molecular formula is C20H18N6S2. The molecule has 1 aromatic carbocycles. The highest BCUT2D eigenvalue weighted by Gasteiger charge is 2.28. The Hall–Kier alpha value is -2.58. The van der Waals surface area contributed by atoms with Gasteiger partial charge in [-0.2, -0.15) is 4.37 Å². The summed E-state index contributed by atoms with van der Waals surface area (Å²) in [6, 6.07) is 10.3. The van der Waals surface area contributed by atoms with Crippen LogP contribution in [0.15, 0.2) is 52.2 Å². The van der Waals surface area contributed by atoms with Crippen molar-refractivity contribution in [3.05, 3.63) is 59.7 Å². The molecule has 1 saturated carbocycles. The van der Waals surface area contributed by atoms with Gasteiger partial charge in [0.25, 0.3) is 0 Å². The molecule has 3 heterocycles. The van der Waals surface area contributed by atoms with Crippen molar-refractivity contribution in [1.82, 2.24) is 29.1 Å². The van der Waals surface area contributed by atoms with Gasteiger partial charge in [0.2, 0.25) is 5.16 Å². The van der Waals surface area contributed by atoms with Gasteiger partial charge in [0.15, 0.2) is 10.2 Å². The van der Waals surface area contributed by atoms with E-state index in [1.807, 2.05) is 12.1 Å². The van der Waals surface area contributed by atoms with Crippen LogP contribution in [0.4, 0.5) is 0 Å². The lowest BCUT2D eigenvalue weighted by Crippen LogP contribution is -2.00. The van der Waals surface area contributed by atoms with Gasteiger partial charge in [0, 0.05) is 23.9 Å². The summed E-state index contributed by atoms with van der Waals surface area (Å²) in [4.78, 5) is 8.81. The summed E-state index contributed by atoms with van der Waals surface area (Å²) < 4.78 is 7.50. The van der Waals surface area contributed by atoms with Gasteiger partial charge >= 0.3 is 0 Å².